The van der Waals surface area contributed by atoms with Gasteiger partial charge in [0.05, 0.1) is 5.56 Å². The molecule has 34 heavy (non-hydrogen) atoms. The van der Waals surface area contributed by atoms with E-state index in [-0.39, 0.29) is 23.5 Å². The predicted octanol–water partition coefficient (Wildman–Crippen LogP) is 3.95. The fraction of sp³-hybridized carbons (Fsp3) is 0.192. The Morgan fingerprint density at radius 2 is 1.53 bits per heavy atom. The lowest BCUT2D eigenvalue weighted by atomic mass is 10.1. The number of anilines is 1. The smallest absolute Gasteiger partial charge is 0.261 e. The monoisotopic (exact) mass is 477 g/mol. The highest BCUT2D eigenvalue weighted by molar-refractivity contribution is 7.80. The third kappa shape index (κ3) is 7.90. The van der Waals surface area contributed by atoms with Crippen LogP contribution < -0.4 is 25.4 Å². The fourth-order valence-electron chi connectivity index (χ4n) is 3.08. The molecule has 3 aromatic carbocycles. The molecule has 0 fully saturated rings. The van der Waals surface area contributed by atoms with Crippen molar-refractivity contribution in [2.75, 3.05) is 25.6 Å². The summed E-state index contributed by atoms with van der Waals surface area (Å²) in [5, 5.41) is 8.45. The normalized spacial score (nSPS) is 10.1. The van der Waals surface area contributed by atoms with Crippen molar-refractivity contribution in [3.63, 3.8) is 0 Å². The molecule has 176 valence electrons. The van der Waals surface area contributed by atoms with Gasteiger partial charge in [-0.3, -0.25) is 14.9 Å². The second kappa shape index (κ2) is 13.0. The van der Waals surface area contributed by atoms with Crippen molar-refractivity contribution in [1.82, 2.24) is 10.6 Å². The number of hydrogen-bond acceptors (Lipinski definition) is 5. The summed E-state index contributed by atoms with van der Waals surface area (Å²) in [5.74, 6) is 0.825. The van der Waals surface area contributed by atoms with E-state index in [1.807, 2.05) is 54.6 Å². The summed E-state index contributed by atoms with van der Waals surface area (Å²) < 4.78 is 11.4. The van der Waals surface area contributed by atoms with Crippen LogP contribution in [0.25, 0.3) is 0 Å². The van der Waals surface area contributed by atoms with Crippen LogP contribution in [0.5, 0.6) is 11.5 Å². The molecule has 0 heterocycles. The standard InChI is InChI=1S/C26H27N3O4S/c1-27-24(30)16-13-19-11-14-20(15-12-19)28-26(34)29-25(31)22-9-5-6-10-23(22)33-18-17-32-21-7-3-2-4-8-21/h2-12,14-15H,13,16-18H2,1H3,(H,27,30)(H2,28,29,31,34). The molecular weight excluding hydrogens is 450 g/mol. The van der Waals surface area contributed by atoms with E-state index >= 15 is 0 Å². The van der Waals surface area contributed by atoms with Gasteiger partial charge < -0.3 is 20.1 Å². The average Bonchev–Trinajstić information content (AvgIpc) is 2.86. The summed E-state index contributed by atoms with van der Waals surface area (Å²) in [6.07, 6.45) is 1.08. The number of benzene rings is 3. The quantitative estimate of drug-likeness (QED) is 0.303. The minimum absolute atomic E-state index is 0.000858. The van der Waals surface area contributed by atoms with Crippen LogP contribution in [0.4, 0.5) is 5.69 Å². The Morgan fingerprint density at radius 1 is 0.853 bits per heavy atom. The van der Waals surface area contributed by atoms with Crippen LogP contribution in [0.2, 0.25) is 0 Å². The van der Waals surface area contributed by atoms with Gasteiger partial charge in [0.1, 0.15) is 24.7 Å². The number of carbonyl (C=O) groups is 2. The van der Waals surface area contributed by atoms with E-state index < -0.39 is 0 Å². The molecule has 0 saturated carbocycles. The molecule has 0 aliphatic heterocycles. The van der Waals surface area contributed by atoms with Gasteiger partial charge in [0.15, 0.2) is 5.11 Å². The van der Waals surface area contributed by atoms with Gasteiger partial charge in [0.25, 0.3) is 5.91 Å². The highest BCUT2D eigenvalue weighted by Crippen LogP contribution is 2.18. The van der Waals surface area contributed by atoms with E-state index in [2.05, 4.69) is 16.0 Å². The van der Waals surface area contributed by atoms with E-state index in [0.717, 1.165) is 17.0 Å². The number of amides is 2. The van der Waals surface area contributed by atoms with Crippen LogP contribution in [-0.2, 0) is 11.2 Å². The molecule has 8 heteroatoms. The molecule has 0 aliphatic rings. The molecule has 0 aromatic heterocycles. The van der Waals surface area contributed by atoms with Crippen LogP contribution in [0, 0.1) is 0 Å². The Balaban J connectivity index is 1.49. The summed E-state index contributed by atoms with van der Waals surface area (Å²) >= 11 is 5.29. The van der Waals surface area contributed by atoms with Gasteiger partial charge in [0, 0.05) is 19.2 Å². The van der Waals surface area contributed by atoms with Crippen molar-refractivity contribution in [3.05, 3.63) is 90.0 Å². The number of carbonyl (C=O) groups excluding carboxylic acids is 2. The lowest BCUT2D eigenvalue weighted by molar-refractivity contribution is -0.120. The molecule has 0 spiro atoms. The van der Waals surface area contributed by atoms with Crippen LogP contribution in [0.15, 0.2) is 78.9 Å². The van der Waals surface area contributed by atoms with Crippen molar-refractivity contribution in [2.24, 2.45) is 0 Å². The number of rotatable bonds is 10. The van der Waals surface area contributed by atoms with Crippen LogP contribution >= 0.6 is 12.2 Å². The maximum absolute atomic E-state index is 12.8. The topological polar surface area (TPSA) is 88.7 Å². The minimum Gasteiger partial charge on any atom is -0.490 e. The summed E-state index contributed by atoms with van der Waals surface area (Å²) in [6, 6.07) is 23.9. The molecule has 3 aromatic rings. The van der Waals surface area contributed by atoms with Gasteiger partial charge >= 0.3 is 0 Å². The van der Waals surface area contributed by atoms with Crippen LogP contribution in [0.1, 0.15) is 22.3 Å². The Morgan fingerprint density at radius 3 is 2.26 bits per heavy atom. The highest BCUT2D eigenvalue weighted by Gasteiger charge is 2.14. The van der Waals surface area contributed by atoms with Crippen LogP contribution in [-0.4, -0.2) is 37.2 Å². The number of nitrogens with one attached hydrogen (secondary N) is 3. The zero-order chi connectivity index (χ0) is 24.2. The molecule has 0 atom stereocenters. The van der Waals surface area contributed by atoms with E-state index in [1.165, 1.54) is 0 Å². The first kappa shape index (κ1) is 24.7. The number of thiocarbonyl (C=S) groups is 1. The summed E-state index contributed by atoms with van der Waals surface area (Å²) in [6.45, 7) is 0.632. The van der Waals surface area contributed by atoms with Crippen LogP contribution in [0.3, 0.4) is 0 Å². The molecule has 7 nitrogen and oxygen atoms in total. The lowest BCUT2D eigenvalue weighted by Gasteiger charge is -2.13. The van der Waals surface area contributed by atoms with Crippen molar-refractivity contribution in [2.45, 2.75) is 12.8 Å². The SMILES string of the molecule is CNC(=O)CCc1ccc(NC(=S)NC(=O)c2ccccc2OCCOc2ccccc2)cc1. The maximum atomic E-state index is 12.8. The van der Waals surface area contributed by atoms with E-state index in [9.17, 15) is 9.59 Å². The van der Waals surface area contributed by atoms with Gasteiger partial charge in [-0.2, -0.15) is 0 Å². The molecule has 0 radical (unpaired) electrons. The first-order valence-corrected chi connectivity index (χ1v) is 11.3. The third-order valence-corrected chi connectivity index (χ3v) is 5.05. The molecular formula is C26H27N3O4S. The summed E-state index contributed by atoms with van der Waals surface area (Å²) in [4.78, 5) is 24.1. The Hall–Kier alpha value is -3.91. The van der Waals surface area contributed by atoms with Gasteiger partial charge in [-0.25, -0.2) is 0 Å². The van der Waals surface area contributed by atoms with E-state index in [1.54, 1.807) is 31.3 Å². The van der Waals surface area contributed by atoms with Crippen molar-refractivity contribution < 1.29 is 19.1 Å². The predicted molar refractivity (Wildman–Crippen MR) is 136 cm³/mol. The van der Waals surface area contributed by atoms with Gasteiger partial charge in [0.2, 0.25) is 5.91 Å². The fourth-order valence-corrected chi connectivity index (χ4v) is 3.29. The van der Waals surface area contributed by atoms with Crippen molar-refractivity contribution in [3.8, 4) is 11.5 Å². The first-order valence-electron chi connectivity index (χ1n) is 10.9. The number of para-hydroxylation sites is 2. The largest absolute Gasteiger partial charge is 0.490 e. The zero-order valence-corrected chi connectivity index (χ0v) is 19.7. The Bertz CT molecular complexity index is 1100. The second-order valence-corrected chi connectivity index (χ2v) is 7.69. The van der Waals surface area contributed by atoms with Gasteiger partial charge in [-0.05, 0) is 60.6 Å². The molecule has 0 aliphatic carbocycles. The number of hydrogen-bond donors (Lipinski definition) is 3. The highest BCUT2D eigenvalue weighted by atomic mass is 32.1. The maximum Gasteiger partial charge on any atom is 0.261 e. The van der Waals surface area contributed by atoms with Gasteiger partial charge in [-0.1, -0.05) is 42.5 Å². The molecule has 3 rings (SSSR count). The van der Waals surface area contributed by atoms with E-state index in [0.29, 0.717) is 30.8 Å². The molecule has 0 bridgehead atoms. The number of ether oxygens (including phenoxy) is 2. The Kier molecular flexibility index (Phi) is 9.42. The number of aryl methyl sites for hydroxylation is 1. The second-order valence-electron chi connectivity index (χ2n) is 7.28. The molecule has 3 N–H and O–H groups in total. The average molecular weight is 478 g/mol. The Labute approximate surface area is 204 Å². The van der Waals surface area contributed by atoms with E-state index in [4.69, 9.17) is 21.7 Å². The minimum atomic E-state index is -0.376. The van der Waals surface area contributed by atoms with Crippen molar-refractivity contribution >= 4 is 34.8 Å². The summed E-state index contributed by atoms with van der Waals surface area (Å²) in [7, 11) is 1.62. The lowest BCUT2D eigenvalue weighted by Crippen LogP contribution is -2.34. The molecule has 2 amide bonds. The molecule has 0 saturated heterocycles. The summed E-state index contributed by atoms with van der Waals surface area (Å²) in [5.41, 5.74) is 2.14. The zero-order valence-electron chi connectivity index (χ0n) is 18.9. The van der Waals surface area contributed by atoms with Gasteiger partial charge in [-0.15, -0.1) is 0 Å². The first-order chi connectivity index (χ1) is 16.5. The van der Waals surface area contributed by atoms with Crippen molar-refractivity contribution in [1.29, 1.82) is 0 Å². The molecule has 0 unspecified atom stereocenters. The third-order valence-electron chi connectivity index (χ3n) is 4.84.